The summed E-state index contributed by atoms with van der Waals surface area (Å²) in [6.07, 6.45) is 2.27. The summed E-state index contributed by atoms with van der Waals surface area (Å²) in [6.45, 7) is 4.49. The third-order valence-electron chi connectivity index (χ3n) is 3.47. The second kappa shape index (κ2) is 4.20. The van der Waals surface area contributed by atoms with Crippen molar-refractivity contribution in [3.63, 3.8) is 0 Å². The van der Waals surface area contributed by atoms with E-state index < -0.39 is 11.8 Å². The predicted molar refractivity (Wildman–Crippen MR) is 63.2 cm³/mol. The van der Waals surface area contributed by atoms with Crippen LogP contribution in [0.25, 0.3) is 0 Å². The molecule has 2 saturated heterocycles. The van der Waals surface area contributed by atoms with E-state index in [1.807, 2.05) is 20.1 Å². The molecule has 0 spiro atoms. The lowest BCUT2D eigenvalue weighted by Crippen LogP contribution is -2.73. The molecule has 0 saturated carbocycles. The lowest BCUT2D eigenvalue weighted by Gasteiger charge is -2.58. The first-order valence-electron chi connectivity index (χ1n) is 5.63. The molecule has 3 unspecified atom stereocenters. The summed E-state index contributed by atoms with van der Waals surface area (Å²) in [5, 5.41) is 9.94. The molecule has 5 heteroatoms. The van der Waals surface area contributed by atoms with E-state index in [1.54, 1.807) is 16.7 Å². The summed E-state index contributed by atoms with van der Waals surface area (Å²) in [5.41, 5.74) is -0.504. The van der Waals surface area contributed by atoms with Crippen LogP contribution in [0.1, 0.15) is 20.3 Å². The number of amides is 1. The number of hydrogen-bond donors (Lipinski definition) is 1. The molecule has 2 rings (SSSR count). The van der Waals surface area contributed by atoms with Crippen molar-refractivity contribution < 1.29 is 14.6 Å². The highest BCUT2D eigenvalue weighted by molar-refractivity contribution is 7.98. The largest absolute Gasteiger partial charge is 0.391 e. The molecule has 0 aromatic rings. The van der Waals surface area contributed by atoms with Crippen molar-refractivity contribution in [3.8, 4) is 0 Å². The fourth-order valence-corrected chi connectivity index (χ4v) is 3.28. The number of carbonyl (C=O) groups is 1. The van der Waals surface area contributed by atoms with Gasteiger partial charge < -0.3 is 14.7 Å². The second-order valence-electron chi connectivity index (χ2n) is 4.91. The van der Waals surface area contributed by atoms with Crippen molar-refractivity contribution >= 4 is 17.7 Å². The zero-order valence-electron chi connectivity index (χ0n) is 9.97. The number of carbonyl (C=O) groups excluding carboxylic acids is 1. The highest BCUT2D eigenvalue weighted by Gasteiger charge is 2.57. The summed E-state index contributed by atoms with van der Waals surface area (Å²) in [7, 11) is 0. The van der Waals surface area contributed by atoms with Crippen LogP contribution < -0.4 is 0 Å². The summed E-state index contributed by atoms with van der Waals surface area (Å²) in [6, 6.07) is 0.165. The van der Waals surface area contributed by atoms with E-state index >= 15 is 0 Å². The lowest BCUT2D eigenvalue weighted by atomic mass is 9.78. The fraction of sp³-hybridized carbons (Fsp3) is 0.909. The molecule has 16 heavy (non-hydrogen) atoms. The van der Waals surface area contributed by atoms with Crippen LogP contribution in [0.2, 0.25) is 0 Å². The van der Waals surface area contributed by atoms with Gasteiger partial charge >= 0.3 is 0 Å². The van der Waals surface area contributed by atoms with Gasteiger partial charge in [0.1, 0.15) is 5.72 Å². The average Bonchev–Trinajstić information content (AvgIpc) is 2.15. The average molecular weight is 245 g/mol. The van der Waals surface area contributed by atoms with E-state index in [0.717, 1.165) is 6.42 Å². The Morgan fingerprint density at radius 3 is 3.00 bits per heavy atom. The monoisotopic (exact) mass is 245 g/mol. The van der Waals surface area contributed by atoms with Crippen molar-refractivity contribution in [1.29, 1.82) is 0 Å². The van der Waals surface area contributed by atoms with Gasteiger partial charge in [-0.1, -0.05) is 0 Å². The number of aliphatic hydroxyl groups is 1. The normalized spacial score (nSPS) is 34.2. The van der Waals surface area contributed by atoms with Crippen LogP contribution in [-0.2, 0) is 9.53 Å². The minimum atomic E-state index is -0.516. The van der Waals surface area contributed by atoms with Gasteiger partial charge in [-0.3, -0.25) is 4.79 Å². The molecule has 0 bridgehead atoms. The first-order chi connectivity index (χ1) is 7.49. The molecule has 1 N–H and O–H groups in total. The van der Waals surface area contributed by atoms with E-state index in [-0.39, 0.29) is 17.9 Å². The van der Waals surface area contributed by atoms with Crippen LogP contribution in [0.4, 0.5) is 0 Å². The number of fused-ring (bicyclic) bond motifs is 1. The molecule has 92 valence electrons. The quantitative estimate of drug-likeness (QED) is 0.743. The van der Waals surface area contributed by atoms with Crippen LogP contribution in [0, 0.1) is 5.92 Å². The van der Waals surface area contributed by atoms with Crippen molar-refractivity contribution in [2.75, 3.05) is 18.6 Å². The number of hydrogen-bond acceptors (Lipinski definition) is 4. The van der Waals surface area contributed by atoms with Crippen molar-refractivity contribution in [1.82, 2.24) is 4.90 Å². The molecule has 4 nitrogen and oxygen atoms in total. The van der Waals surface area contributed by atoms with Crippen LogP contribution >= 0.6 is 11.8 Å². The number of thioether (sulfide) groups is 1. The number of nitrogens with zero attached hydrogens (tertiary/aromatic N) is 1. The molecule has 0 aromatic carbocycles. The molecule has 2 heterocycles. The molecular formula is C11H19NO3S. The lowest BCUT2D eigenvalue weighted by molar-refractivity contribution is -0.240. The summed E-state index contributed by atoms with van der Waals surface area (Å²) < 4.78 is 5.58. The first kappa shape index (κ1) is 12.2. The summed E-state index contributed by atoms with van der Waals surface area (Å²) >= 11 is 1.58. The van der Waals surface area contributed by atoms with Gasteiger partial charge in [0.2, 0.25) is 5.91 Å². The van der Waals surface area contributed by atoms with Crippen LogP contribution in [0.5, 0.6) is 0 Å². The summed E-state index contributed by atoms with van der Waals surface area (Å²) in [5.74, 6) is 0.453. The molecule has 0 radical (unpaired) electrons. The van der Waals surface area contributed by atoms with E-state index in [9.17, 15) is 9.90 Å². The maximum absolute atomic E-state index is 12.0. The van der Waals surface area contributed by atoms with Crippen molar-refractivity contribution in [2.24, 2.45) is 5.92 Å². The minimum absolute atomic E-state index is 0.0382. The molecule has 0 aliphatic carbocycles. The Morgan fingerprint density at radius 1 is 1.69 bits per heavy atom. The highest BCUT2D eigenvalue weighted by atomic mass is 32.2. The van der Waals surface area contributed by atoms with Gasteiger partial charge in [0.15, 0.2) is 0 Å². The predicted octanol–water partition coefficient (Wildman–Crippen LogP) is 0.694. The van der Waals surface area contributed by atoms with Crippen molar-refractivity contribution in [3.05, 3.63) is 0 Å². The molecule has 3 atom stereocenters. The Hall–Kier alpha value is -0.260. The molecular weight excluding hydrogens is 226 g/mol. The van der Waals surface area contributed by atoms with E-state index in [0.29, 0.717) is 12.4 Å². The SMILES string of the molecule is CSCC(O)C1C(=O)N2C1CCOC2(C)C. The minimum Gasteiger partial charge on any atom is -0.391 e. The van der Waals surface area contributed by atoms with E-state index in [4.69, 9.17) is 4.74 Å². The molecule has 0 aromatic heterocycles. The Labute approximate surface area is 100 Å². The molecule has 1 amide bonds. The van der Waals surface area contributed by atoms with Gasteiger partial charge in [-0.15, -0.1) is 0 Å². The van der Waals surface area contributed by atoms with Gasteiger partial charge in [-0.05, 0) is 26.5 Å². The maximum atomic E-state index is 12.0. The van der Waals surface area contributed by atoms with Crippen LogP contribution in [0.15, 0.2) is 0 Å². The molecule has 2 fully saturated rings. The Balaban J connectivity index is 2.08. The Kier molecular flexibility index (Phi) is 3.20. The summed E-state index contributed by atoms with van der Waals surface area (Å²) in [4.78, 5) is 13.8. The zero-order valence-corrected chi connectivity index (χ0v) is 10.8. The number of β-lactam (4-membered cyclic amide) rings is 1. The molecule has 2 aliphatic rings. The molecule has 2 aliphatic heterocycles. The Bertz CT molecular complexity index is 295. The third-order valence-corrected chi connectivity index (χ3v) is 4.14. The topological polar surface area (TPSA) is 49.8 Å². The Morgan fingerprint density at radius 2 is 2.38 bits per heavy atom. The fourth-order valence-electron chi connectivity index (χ4n) is 2.73. The maximum Gasteiger partial charge on any atom is 0.232 e. The van der Waals surface area contributed by atoms with E-state index in [2.05, 4.69) is 0 Å². The van der Waals surface area contributed by atoms with Crippen LogP contribution in [0.3, 0.4) is 0 Å². The number of ether oxygens (including phenoxy) is 1. The van der Waals surface area contributed by atoms with Crippen molar-refractivity contribution in [2.45, 2.75) is 38.1 Å². The zero-order chi connectivity index (χ0) is 11.9. The van der Waals surface area contributed by atoms with Gasteiger partial charge in [0, 0.05) is 5.75 Å². The van der Waals surface area contributed by atoms with Gasteiger partial charge in [-0.2, -0.15) is 11.8 Å². The van der Waals surface area contributed by atoms with E-state index in [1.165, 1.54) is 0 Å². The third kappa shape index (κ3) is 1.75. The first-order valence-corrected chi connectivity index (χ1v) is 7.02. The highest BCUT2D eigenvalue weighted by Crippen LogP contribution is 2.41. The van der Waals surface area contributed by atoms with Crippen LogP contribution in [-0.4, -0.2) is 52.4 Å². The van der Waals surface area contributed by atoms with Gasteiger partial charge in [0.05, 0.1) is 24.7 Å². The number of rotatable bonds is 3. The smallest absolute Gasteiger partial charge is 0.232 e. The van der Waals surface area contributed by atoms with Gasteiger partial charge in [-0.25, -0.2) is 0 Å². The standard InChI is InChI=1S/C11H19NO3S/c1-11(2)12-7(4-5-15-11)9(10(12)14)8(13)6-16-3/h7-9,13H,4-6H2,1-3H3. The number of aliphatic hydroxyl groups excluding tert-OH is 1. The van der Waals surface area contributed by atoms with Gasteiger partial charge in [0.25, 0.3) is 0 Å². The second-order valence-corrected chi connectivity index (χ2v) is 5.82.